The molecule has 0 spiro atoms. The van der Waals surface area contributed by atoms with Crippen molar-refractivity contribution in [3.8, 4) is 0 Å². The summed E-state index contributed by atoms with van der Waals surface area (Å²) in [6.45, 7) is 4.38. The molecule has 1 amide bonds. The molecule has 2 aromatic heterocycles. The summed E-state index contributed by atoms with van der Waals surface area (Å²) in [6.07, 6.45) is 3.00. The van der Waals surface area contributed by atoms with E-state index in [1.807, 2.05) is 38.1 Å². The van der Waals surface area contributed by atoms with Crippen LogP contribution in [0.25, 0.3) is 10.2 Å². The molecule has 32 heavy (non-hydrogen) atoms. The van der Waals surface area contributed by atoms with E-state index in [9.17, 15) is 13.2 Å². The lowest BCUT2D eigenvalue weighted by Crippen LogP contribution is -2.32. The Balaban J connectivity index is 1.68. The second-order valence-corrected chi connectivity index (χ2v) is 10.8. The van der Waals surface area contributed by atoms with Crippen molar-refractivity contribution < 1.29 is 13.2 Å². The molecule has 4 rings (SSSR count). The lowest BCUT2D eigenvalue weighted by atomic mass is 10.1. The SMILES string of the molecule is Cc1cc(C)c2sc(N(Cc3ccccn3)C(=O)Cc3ccc(S(C)(=O)=O)cc3)nc2c1. The summed E-state index contributed by atoms with van der Waals surface area (Å²) in [5, 5.41) is 0.622. The van der Waals surface area contributed by atoms with Gasteiger partial charge < -0.3 is 0 Å². The molecule has 0 atom stereocenters. The van der Waals surface area contributed by atoms with Crippen LogP contribution in [0.2, 0.25) is 0 Å². The largest absolute Gasteiger partial charge is 0.282 e. The van der Waals surface area contributed by atoms with E-state index in [4.69, 9.17) is 4.98 Å². The maximum atomic E-state index is 13.4. The number of carbonyl (C=O) groups is 1. The van der Waals surface area contributed by atoms with Gasteiger partial charge in [0.2, 0.25) is 5.91 Å². The van der Waals surface area contributed by atoms with Crippen LogP contribution in [0.5, 0.6) is 0 Å². The first-order valence-electron chi connectivity index (χ1n) is 10.1. The summed E-state index contributed by atoms with van der Waals surface area (Å²) in [7, 11) is -3.28. The summed E-state index contributed by atoms with van der Waals surface area (Å²) >= 11 is 1.49. The number of benzene rings is 2. The number of thiazole rings is 1. The van der Waals surface area contributed by atoms with Crippen LogP contribution < -0.4 is 4.90 Å². The highest BCUT2D eigenvalue weighted by atomic mass is 32.2. The highest BCUT2D eigenvalue weighted by Gasteiger charge is 2.22. The molecule has 0 bridgehead atoms. The molecule has 0 unspecified atom stereocenters. The van der Waals surface area contributed by atoms with E-state index in [0.717, 1.165) is 32.6 Å². The van der Waals surface area contributed by atoms with Crippen LogP contribution >= 0.6 is 11.3 Å². The van der Waals surface area contributed by atoms with E-state index in [-0.39, 0.29) is 17.2 Å². The zero-order chi connectivity index (χ0) is 22.9. The number of nitrogens with zero attached hydrogens (tertiary/aromatic N) is 3. The topological polar surface area (TPSA) is 80.2 Å². The van der Waals surface area contributed by atoms with Crippen LogP contribution in [0, 0.1) is 13.8 Å². The lowest BCUT2D eigenvalue weighted by Gasteiger charge is -2.19. The standard InChI is InChI=1S/C24H23N3O3S2/c1-16-12-17(2)23-21(13-16)26-24(31-23)27(15-19-6-4-5-11-25-19)22(28)14-18-7-9-20(10-8-18)32(3,29)30/h4-13H,14-15H2,1-3H3. The van der Waals surface area contributed by atoms with Crippen molar-refractivity contribution in [1.29, 1.82) is 0 Å². The molecule has 0 aliphatic heterocycles. The smallest absolute Gasteiger partial charge is 0.233 e. The molecule has 0 saturated heterocycles. The predicted molar refractivity (Wildman–Crippen MR) is 128 cm³/mol. The van der Waals surface area contributed by atoms with Gasteiger partial charge in [-0.1, -0.05) is 35.6 Å². The molecule has 164 valence electrons. The van der Waals surface area contributed by atoms with Crippen molar-refractivity contribution >= 4 is 42.4 Å². The van der Waals surface area contributed by atoms with Gasteiger partial charge in [-0.05, 0) is 60.9 Å². The molecular weight excluding hydrogens is 442 g/mol. The molecule has 8 heteroatoms. The van der Waals surface area contributed by atoms with Crippen LogP contribution in [0.1, 0.15) is 22.4 Å². The second-order valence-electron chi connectivity index (χ2n) is 7.82. The Morgan fingerprint density at radius 2 is 1.81 bits per heavy atom. The first kappa shape index (κ1) is 22.1. The van der Waals surface area contributed by atoms with E-state index < -0.39 is 9.84 Å². The summed E-state index contributed by atoms with van der Waals surface area (Å²) < 4.78 is 24.5. The van der Waals surface area contributed by atoms with Crippen LogP contribution in [0.4, 0.5) is 5.13 Å². The quantitative estimate of drug-likeness (QED) is 0.419. The summed E-state index contributed by atoms with van der Waals surface area (Å²) in [5.74, 6) is -0.129. The van der Waals surface area contributed by atoms with Crippen molar-refractivity contribution in [2.45, 2.75) is 31.7 Å². The maximum absolute atomic E-state index is 13.4. The van der Waals surface area contributed by atoms with E-state index >= 15 is 0 Å². The molecule has 0 aliphatic rings. The highest BCUT2D eigenvalue weighted by molar-refractivity contribution is 7.90. The van der Waals surface area contributed by atoms with E-state index in [0.29, 0.717) is 11.7 Å². The number of sulfone groups is 1. The van der Waals surface area contributed by atoms with Crippen molar-refractivity contribution in [2.75, 3.05) is 11.2 Å². The van der Waals surface area contributed by atoms with Gasteiger partial charge in [-0.3, -0.25) is 14.7 Å². The zero-order valence-corrected chi connectivity index (χ0v) is 19.7. The summed E-state index contributed by atoms with van der Waals surface area (Å²) in [5.41, 5.74) is 4.63. The minimum Gasteiger partial charge on any atom is -0.282 e. The number of hydrogen-bond donors (Lipinski definition) is 0. The number of hydrogen-bond acceptors (Lipinski definition) is 6. The average molecular weight is 466 g/mol. The summed E-state index contributed by atoms with van der Waals surface area (Å²) in [6, 6.07) is 16.2. The van der Waals surface area contributed by atoms with Crippen molar-refractivity contribution in [3.63, 3.8) is 0 Å². The Morgan fingerprint density at radius 3 is 2.47 bits per heavy atom. The van der Waals surface area contributed by atoms with Gasteiger partial charge in [0.05, 0.1) is 33.8 Å². The zero-order valence-electron chi connectivity index (χ0n) is 18.1. The molecular formula is C24H23N3O3S2. The molecule has 6 nitrogen and oxygen atoms in total. The van der Waals surface area contributed by atoms with Crippen LogP contribution in [0.3, 0.4) is 0 Å². The van der Waals surface area contributed by atoms with E-state index in [1.165, 1.54) is 29.7 Å². The molecule has 0 fully saturated rings. The fraction of sp³-hybridized carbons (Fsp3) is 0.208. The number of anilines is 1. The number of aromatic nitrogens is 2. The Bertz CT molecular complexity index is 1380. The maximum Gasteiger partial charge on any atom is 0.233 e. The predicted octanol–water partition coefficient (Wildman–Crippen LogP) is 4.49. The normalized spacial score (nSPS) is 11.6. The number of aryl methyl sites for hydroxylation is 2. The van der Waals surface area contributed by atoms with Gasteiger partial charge in [0, 0.05) is 12.5 Å². The van der Waals surface area contributed by atoms with Gasteiger partial charge in [-0.2, -0.15) is 0 Å². The Labute approximate surface area is 191 Å². The van der Waals surface area contributed by atoms with Crippen LogP contribution in [0.15, 0.2) is 65.7 Å². The number of rotatable bonds is 6. The second kappa shape index (κ2) is 8.80. The number of fused-ring (bicyclic) bond motifs is 1. The molecule has 0 aliphatic carbocycles. The monoisotopic (exact) mass is 465 g/mol. The van der Waals surface area contributed by atoms with Crippen LogP contribution in [-0.4, -0.2) is 30.5 Å². The minimum absolute atomic E-state index is 0.129. The van der Waals surface area contributed by atoms with Crippen molar-refractivity contribution in [3.05, 3.63) is 83.2 Å². The first-order chi connectivity index (χ1) is 15.2. The number of amides is 1. The van der Waals surface area contributed by atoms with E-state index in [1.54, 1.807) is 23.2 Å². The molecule has 4 aromatic rings. The number of pyridine rings is 1. The van der Waals surface area contributed by atoms with Crippen molar-refractivity contribution in [1.82, 2.24) is 9.97 Å². The fourth-order valence-electron chi connectivity index (χ4n) is 3.52. The molecule has 0 saturated carbocycles. The summed E-state index contributed by atoms with van der Waals surface area (Å²) in [4.78, 5) is 24.4. The molecule has 2 aromatic carbocycles. The molecule has 0 N–H and O–H groups in total. The third-order valence-corrected chi connectivity index (χ3v) is 7.45. The van der Waals surface area contributed by atoms with E-state index in [2.05, 4.69) is 11.1 Å². The highest BCUT2D eigenvalue weighted by Crippen LogP contribution is 2.33. The third kappa shape index (κ3) is 4.87. The lowest BCUT2D eigenvalue weighted by molar-refractivity contribution is -0.118. The minimum atomic E-state index is -3.28. The third-order valence-electron chi connectivity index (χ3n) is 5.09. The molecule has 2 heterocycles. The van der Waals surface area contributed by atoms with Crippen LogP contribution in [-0.2, 0) is 27.6 Å². The fourth-order valence-corrected chi connectivity index (χ4v) is 5.18. The van der Waals surface area contributed by atoms with Gasteiger partial charge in [-0.25, -0.2) is 13.4 Å². The van der Waals surface area contributed by atoms with Crippen molar-refractivity contribution in [2.24, 2.45) is 0 Å². The van der Waals surface area contributed by atoms with Gasteiger partial charge in [0.15, 0.2) is 15.0 Å². The Morgan fingerprint density at radius 1 is 1.06 bits per heavy atom. The van der Waals surface area contributed by atoms with Gasteiger partial charge in [0.25, 0.3) is 0 Å². The van der Waals surface area contributed by atoms with Gasteiger partial charge >= 0.3 is 0 Å². The number of carbonyl (C=O) groups excluding carboxylic acids is 1. The Kier molecular flexibility index (Phi) is 6.08. The Hall–Kier alpha value is -3.10. The molecule has 0 radical (unpaired) electrons. The average Bonchev–Trinajstić information content (AvgIpc) is 3.16. The van der Waals surface area contributed by atoms with Gasteiger partial charge in [-0.15, -0.1) is 0 Å². The van der Waals surface area contributed by atoms with Gasteiger partial charge in [0.1, 0.15) is 0 Å². The first-order valence-corrected chi connectivity index (χ1v) is 12.8.